The second kappa shape index (κ2) is 12.1. The van der Waals surface area contributed by atoms with Crippen LogP contribution in [0.4, 0.5) is 22.9 Å². The average Bonchev–Trinajstić information content (AvgIpc) is 2.99. The van der Waals surface area contributed by atoms with Gasteiger partial charge in [-0.2, -0.15) is 0 Å². The minimum atomic E-state index is -0.0164. The molecular weight excluding hydrogens is 512 g/mol. The first-order chi connectivity index (χ1) is 19.9. The predicted molar refractivity (Wildman–Crippen MR) is 167 cm³/mol. The van der Waals surface area contributed by atoms with Crippen LogP contribution in [0.3, 0.4) is 0 Å². The third-order valence-corrected chi connectivity index (χ3v) is 7.02. The van der Waals surface area contributed by atoms with E-state index < -0.39 is 0 Å². The van der Waals surface area contributed by atoms with Gasteiger partial charge in [0.15, 0.2) is 5.82 Å². The summed E-state index contributed by atoms with van der Waals surface area (Å²) < 4.78 is 0. The SMILES string of the molecule is CCC(=CCCO)c1cc(O)c2c(Nc3ccc(C)cc3)c(Nc3ccc(C)cc3)nc(-c3ccccn3)c2c1O. The largest absolute Gasteiger partial charge is 0.507 e. The molecule has 41 heavy (non-hydrogen) atoms. The topological polar surface area (TPSA) is 111 Å². The molecule has 0 unspecified atom stereocenters. The Hall–Kier alpha value is -4.88. The van der Waals surface area contributed by atoms with Crippen LogP contribution >= 0.6 is 0 Å². The summed E-state index contributed by atoms with van der Waals surface area (Å²) in [7, 11) is 0. The van der Waals surface area contributed by atoms with E-state index in [0.717, 1.165) is 28.1 Å². The number of aromatic hydroxyl groups is 2. The molecule has 2 heterocycles. The lowest BCUT2D eigenvalue weighted by Gasteiger charge is -2.21. The van der Waals surface area contributed by atoms with E-state index in [1.54, 1.807) is 12.3 Å². The molecule has 0 amide bonds. The summed E-state index contributed by atoms with van der Waals surface area (Å²) in [6, 6.07) is 23.0. The number of fused-ring (bicyclic) bond motifs is 1. The van der Waals surface area contributed by atoms with Crippen molar-refractivity contribution in [1.82, 2.24) is 9.97 Å². The maximum absolute atomic E-state index is 11.8. The number of aromatic nitrogens is 2. The predicted octanol–water partition coefficient (Wildman–Crippen LogP) is 7.99. The number of aliphatic hydroxyl groups is 1. The first-order valence-electron chi connectivity index (χ1n) is 13.7. The quantitative estimate of drug-likeness (QED) is 0.119. The van der Waals surface area contributed by atoms with Crippen LogP contribution in [0.2, 0.25) is 0 Å². The smallest absolute Gasteiger partial charge is 0.155 e. The monoisotopic (exact) mass is 546 g/mol. The van der Waals surface area contributed by atoms with Gasteiger partial charge in [-0.15, -0.1) is 0 Å². The van der Waals surface area contributed by atoms with Crippen molar-refractivity contribution in [3.05, 3.63) is 102 Å². The minimum absolute atomic E-state index is 0.00849. The second-order valence-corrected chi connectivity index (χ2v) is 10.0. The number of nitrogens with one attached hydrogen (secondary N) is 2. The van der Waals surface area contributed by atoms with Crippen molar-refractivity contribution in [2.75, 3.05) is 17.2 Å². The van der Waals surface area contributed by atoms with Gasteiger partial charge in [-0.3, -0.25) is 4.98 Å². The maximum Gasteiger partial charge on any atom is 0.155 e. The number of benzene rings is 3. The van der Waals surface area contributed by atoms with Crippen LogP contribution in [-0.4, -0.2) is 31.9 Å². The molecule has 208 valence electrons. The number of hydrogen-bond acceptors (Lipinski definition) is 7. The number of phenolic OH excluding ortho intramolecular Hbond substituents is 2. The van der Waals surface area contributed by atoms with Crippen LogP contribution in [0.1, 0.15) is 36.5 Å². The zero-order chi connectivity index (χ0) is 28.9. The van der Waals surface area contributed by atoms with Crippen LogP contribution in [-0.2, 0) is 0 Å². The Bertz CT molecular complexity index is 1700. The molecule has 0 saturated heterocycles. The number of pyridine rings is 2. The Morgan fingerprint density at radius 2 is 1.51 bits per heavy atom. The van der Waals surface area contributed by atoms with E-state index in [1.165, 1.54) is 0 Å². The zero-order valence-corrected chi connectivity index (χ0v) is 23.4. The van der Waals surface area contributed by atoms with Crippen LogP contribution in [0, 0.1) is 13.8 Å². The van der Waals surface area contributed by atoms with Gasteiger partial charge in [0, 0.05) is 29.7 Å². The molecule has 2 aromatic heterocycles. The third-order valence-electron chi connectivity index (χ3n) is 7.02. The lowest BCUT2D eigenvalue weighted by Crippen LogP contribution is -2.04. The molecule has 3 aromatic carbocycles. The van der Waals surface area contributed by atoms with Crippen molar-refractivity contribution in [3.63, 3.8) is 0 Å². The molecule has 5 aromatic rings. The summed E-state index contributed by atoms with van der Waals surface area (Å²) in [6.07, 6.45) is 4.60. The lowest BCUT2D eigenvalue weighted by atomic mass is 9.94. The summed E-state index contributed by atoms with van der Waals surface area (Å²) >= 11 is 0. The molecule has 5 N–H and O–H groups in total. The molecule has 7 nitrogen and oxygen atoms in total. The van der Waals surface area contributed by atoms with E-state index >= 15 is 0 Å². The van der Waals surface area contributed by atoms with E-state index in [0.29, 0.717) is 52.1 Å². The summed E-state index contributed by atoms with van der Waals surface area (Å²) in [5, 5.41) is 40.6. The van der Waals surface area contributed by atoms with Gasteiger partial charge in [0.1, 0.15) is 17.2 Å². The van der Waals surface area contributed by atoms with Crippen LogP contribution in [0.5, 0.6) is 11.5 Å². The Kier molecular flexibility index (Phi) is 8.17. The Balaban J connectivity index is 1.85. The van der Waals surface area contributed by atoms with Gasteiger partial charge in [-0.05, 0) is 74.7 Å². The highest BCUT2D eigenvalue weighted by Gasteiger charge is 2.25. The number of allylic oxidation sites excluding steroid dienone is 1. The highest BCUT2D eigenvalue weighted by molar-refractivity contribution is 6.13. The molecule has 0 bridgehead atoms. The summed E-state index contributed by atoms with van der Waals surface area (Å²) in [5.41, 5.74) is 6.67. The first kappa shape index (κ1) is 27.7. The first-order valence-corrected chi connectivity index (χ1v) is 13.7. The Morgan fingerprint density at radius 3 is 2.10 bits per heavy atom. The number of anilines is 4. The number of phenols is 2. The van der Waals surface area contributed by atoms with E-state index in [1.807, 2.05) is 93.6 Å². The second-order valence-electron chi connectivity index (χ2n) is 10.0. The van der Waals surface area contributed by atoms with E-state index in [4.69, 9.17) is 4.98 Å². The van der Waals surface area contributed by atoms with E-state index in [9.17, 15) is 15.3 Å². The lowest BCUT2D eigenvalue weighted by molar-refractivity contribution is 0.302. The highest BCUT2D eigenvalue weighted by Crippen LogP contribution is 2.49. The van der Waals surface area contributed by atoms with Gasteiger partial charge in [0.25, 0.3) is 0 Å². The fraction of sp³-hybridized carbons (Fsp3) is 0.176. The molecule has 0 aliphatic heterocycles. The van der Waals surface area contributed by atoms with Gasteiger partial charge >= 0.3 is 0 Å². The Morgan fingerprint density at radius 1 is 0.854 bits per heavy atom. The van der Waals surface area contributed by atoms with Crippen molar-refractivity contribution in [1.29, 1.82) is 0 Å². The van der Waals surface area contributed by atoms with Gasteiger partial charge < -0.3 is 26.0 Å². The molecule has 0 saturated carbocycles. The molecule has 0 radical (unpaired) electrons. The van der Waals surface area contributed by atoms with E-state index in [-0.39, 0.29) is 18.1 Å². The average molecular weight is 547 g/mol. The Labute approximate surface area is 239 Å². The maximum atomic E-state index is 11.8. The molecule has 0 atom stereocenters. The van der Waals surface area contributed by atoms with Gasteiger partial charge in [0.05, 0.1) is 22.2 Å². The molecule has 0 aliphatic rings. The summed E-state index contributed by atoms with van der Waals surface area (Å²) in [4.78, 5) is 9.57. The van der Waals surface area contributed by atoms with Crippen molar-refractivity contribution >= 4 is 39.2 Å². The van der Waals surface area contributed by atoms with Crippen LogP contribution in [0.15, 0.2) is 85.1 Å². The van der Waals surface area contributed by atoms with Gasteiger partial charge in [-0.25, -0.2) is 4.98 Å². The highest BCUT2D eigenvalue weighted by atomic mass is 16.3. The molecule has 7 heteroatoms. The normalized spacial score (nSPS) is 11.6. The third kappa shape index (κ3) is 5.85. The zero-order valence-electron chi connectivity index (χ0n) is 23.4. The number of nitrogens with zero attached hydrogens (tertiary/aromatic N) is 2. The molecule has 0 spiro atoms. The molecule has 5 rings (SSSR count). The number of hydrogen-bond donors (Lipinski definition) is 5. The van der Waals surface area contributed by atoms with Crippen molar-refractivity contribution in [3.8, 4) is 22.9 Å². The van der Waals surface area contributed by atoms with Crippen molar-refractivity contribution in [2.24, 2.45) is 0 Å². The van der Waals surface area contributed by atoms with Crippen molar-refractivity contribution < 1.29 is 15.3 Å². The van der Waals surface area contributed by atoms with Gasteiger partial charge in [0.2, 0.25) is 0 Å². The fourth-order valence-corrected chi connectivity index (χ4v) is 4.87. The molecular formula is C34H34N4O3. The number of rotatable bonds is 9. The standard InChI is InChI=1S/C34H34N4O3/c1-4-23(8-7-19-39)26-20-28(40)29-30(33(26)41)31(27-9-5-6-18-35-27)38-34(37-25-16-12-22(3)13-17-25)32(29)36-24-14-10-21(2)11-15-24/h5-6,8-18,20,36,39-41H,4,7,19H2,1-3H3,(H,37,38). The summed E-state index contributed by atoms with van der Waals surface area (Å²) in [6.45, 7) is 6.01. The van der Waals surface area contributed by atoms with E-state index in [2.05, 4.69) is 15.6 Å². The minimum Gasteiger partial charge on any atom is -0.507 e. The fourth-order valence-electron chi connectivity index (χ4n) is 4.87. The van der Waals surface area contributed by atoms with Crippen LogP contribution < -0.4 is 10.6 Å². The number of aliphatic hydroxyl groups excluding tert-OH is 1. The summed E-state index contributed by atoms with van der Waals surface area (Å²) in [5.74, 6) is 0.444. The molecule has 0 fully saturated rings. The van der Waals surface area contributed by atoms with Crippen molar-refractivity contribution in [2.45, 2.75) is 33.6 Å². The molecule has 0 aliphatic carbocycles. The van der Waals surface area contributed by atoms with Crippen LogP contribution in [0.25, 0.3) is 27.7 Å². The number of aryl methyl sites for hydroxylation is 2. The van der Waals surface area contributed by atoms with Gasteiger partial charge in [-0.1, -0.05) is 54.5 Å².